The van der Waals surface area contributed by atoms with Crippen LogP contribution in [-0.2, 0) is 5.75 Å². The summed E-state index contributed by atoms with van der Waals surface area (Å²) < 4.78 is 5.48. The molecule has 0 aliphatic heterocycles. The molecule has 0 saturated heterocycles. The van der Waals surface area contributed by atoms with Crippen LogP contribution in [0.2, 0.25) is 0 Å². The molecule has 4 heteroatoms. The van der Waals surface area contributed by atoms with Gasteiger partial charge in [0.05, 0.1) is 18.2 Å². The molecule has 0 fully saturated rings. The molecule has 0 spiro atoms. The van der Waals surface area contributed by atoms with Crippen LogP contribution in [0.3, 0.4) is 0 Å². The molecule has 0 amide bonds. The van der Waals surface area contributed by atoms with Gasteiger partial charge < -0.3 is 10.5 Å². The third-order valence-corrected chi connectivity index (χ3v) is 3.89. The van der Waals surface area contributed by atoms with Gasteiger partial charge in [-0.05, 0) is 42.8 Å². The SMILES string of the molecule is CCOc1ccc(N)c(SCc2cccc(C#N)c2)c1. The van der Waals surface area contributed by atoms with Crippen molar-refractivity contribution in [3.63, 3.8) is 0 Å². The van der Waals surface area contributed by atoms with E-state index in [1.165, 1.54) is 0 Å². The first kappa shape index (κ1) is 14.3. The monoisotopic (exact) mass is 284 g/mol. The van der Waals surface area contributed by atoms with Gasteiger partial charge in [-0.25, -0.2) is 0 Å². The number of ether oxygens (including phenoxy) is 1. The van der Waals surface area contributed by atoms with Gasteiger partial charge in [-0.2, -0.15) is 5.26 Å². The second-order valence-electron chi connectivity index (χ2n) is 4.23. The first-order chi connectivity index (χ1) is 9.72. The molecular weight excluding hydrogens is 268 g/mol. The Kier molecular flexibility index (Phi) is 4.91. The van der Waals surface area contributed by atoms with Gasteiger partial charge in [0.2, 0.25) is 0 Å². The first-order valence-electron chi connectivity index (χ1n) is 6.37. The summed E-state index contributed by atoms with van der Waals surface area (Å²) in [5, 5.41) is 8.89. The van der Waals surface area contributed by atoms with Gasteiger partial charge >= 0.3 is 0 Å². The molecule has 2 rings (SSSR count). The Morgan fingerprint density at radius 1 is 1.25 bits per heavy atom. The van der Waals surface area contributed by atoms with Crippen LogP contribution in [0.4, 0.5) is 5.69 Å². The highest BCUT2D eigenvalue weighted by Crippen LogP contribution is 2.31. The highest BCUT2D eigenvalue weighted by Gasteiger charge is 2.04. The summed E-state index contributed by atoms with van der Waals surface area (Å²) in [6.45, 7) is 2.59. The number of thioether (sulfide) groups is 1. The zero-order valence-electron chi connectivity index (χ0n) is 11.3. The lowest BCUT2D eigenvalue weighted by atomic mass is 10.2. The Morgan fingerprint density at radius 2 is 2.10 bits per heavy atom. The van der Waals surface area contributed by atoms with Crippen molar-refractivity contribution in [2.24, 2.45) is 0 Å². The van der Waals surface area contributed by atoms with Crippen molar-refractivity contribution in [3.05, 3.63) is 53.6 Å². The number of anilines is 1. The average Bonchev–Trinajstić information content (AvgIpc) is 2.48. The topological polar surface area (TPSA) is 59.0 Å². The van der Waals surface area contributed by atoms with Crippen molar-refractivity contribution in [2.45, 2.75) is 17.6 Å². The number of nitrogen functional groups attached to an aromatic ring is 1. The number of nitriles is 1. The fourth-order valence-corrected chi connectivity index (χ4v) is 2.72. The van der Waals surface area contributed by atoms with Gasteiger partial charge in [-0.1, -0.05) is 12.1 Å². The van der Waals surface area contributed by atoms with E-state index >= 15 is 0 Å². The Bertz CT molecular complexity index is 635. The highest BCUT2D eigenvalue weighted by atomic mass is 32.2. The third-order valence-electron chi connectivity index (χ3n) is 2.75. The molecule has 2 aromatic rings. The Balaban J connectivity index is 2.10. The number of hydrogen-bond donors (Lipinski definition) is 1. The van der Waals surface area contributed by atoms with E-state index in [1.807, 2.05) is 43.3 Å². The minimum Gasteiger partial charge on any atom is -0.494 e. The van der Waals surface area contributed by atoms with Crippen molar-refractivity contribution in [3.8, 4) is 11.8 Å². The zero-order chi connectivity index (χ0) is 14.4. The Labute approximate surface area is 123 Å². The second-order valence-corrected chi connectivity index (χ2v) is 5.25. The van der Waals surface area contributed by atoms with E-state index in [-0.39, 0.29) is 0 Å². The van der Waals surface area contributed by atoms with Gasteiger partial charge in [0.1, 0.15) is 5.75 Å². The molecule has 102 valence electrons. The lowest BCUT2D eigenvalue weighted by molar-refractivity contribution is 0.339. The summed E-state index contributed by atoms with van der Waals surface area (Å²) in [7, 11) is 0. The summed E-state index contributed by atoms with van der Waals surface area (Å²) >= 11 is 1.64. The standard InChI is InChI=1S/C16H16N2OS/c1-2-19-14-6-7-15(18)16(9-14)20-11-13-5-3-4-12(8-13)10-17/h3-9H,2,11,18H2,1H3. The molecule has 0 aromatic heterocycles. The predicted molar refractivity (Wildman–Crippen MR) is 82.7 cm³/mol. The highest BCUT2D eigenvalue weighted by molar-refractivity contribution is 7.98. The lowest BCUT2D eigenvalue weighted by Gasteiger charge is -2.09. The number of benzene rings is 2. The molecule has 0 heterocycles. The van der Waals surface area contributed by atoms with Crippen molar-refractivity contribution in [2.75, 3.05) is 12.3 Å². The van der Waals surface area contributed by atoms with Crippen LogP contribution in [-0.4, -0.2) is 6.61 Å². The van der Waals surface area contributed by atoms with Crippen molar-refractivity contribution < 1.29 is 4.74 Å². The fraction of sp³-hybridized carbons (Fsp3) is 0.188. The van der Waals surface area contributed by atoms with Crippen LogP contribution < -0.4 is 10.5 Å². The fourth-order valence-electron chi connectivity index (χ4n) is 1.79. The molecule has 0 aliphatic carbocycles. The molecule has 0 saturated carbocycles. The Morgan fingerprint density at radius 3 is 2.85 bits per heavy atom. The van der Waals surface area contributed by atoms with Crippen LogP contribution in [0.5, 0.6) is 5.75 Å². The molecule has 0 bridgehead atoms. The minimum absolute atomic E-state index is 0.637. The van der Waals surface area contributed by atoms with E-state index in [1.54, 1.807) is 17.8 Å². The van der Waals surface area contributed by atoms with Gasteiger partial charge in [0.15, 0.2) is 0 Å². The van der Waals surface area contributed by atoms with Crippen molar-refractivity contribution in [1.82, 2.24) is 0 Å². The summed E-state index contributed by atoms with van der Waals surface area (Å²) in [5.41, 5.74) is 8.51. The lowest BCUT2D eigenvalue weighted by Crippen LogP contribution is -1.94. The zero-order valence-corrected chi connectivity index (χ0v) is 12.1. The van der Waals surface area contributed by atoms with E-state index in [2.05, 4.69) is 6.07 Å². The summed E-state index contributed by atoms with van der Waals surface area (Å²) in [4.78, 5) is 0.998. The average molecular weight is 284 g/mol. The molecule has 3 nitrogen and oxygen atoms in total. The molecule has 0 unspecified atom stereocenters. The number of nitrogens with zero attached hydrogens (tertiary/aromatic N) is 1. The van der Waals surface area contributed by atoms with Crippen LogP contribution >= 0.6 is 11.8 Å². The molecule has 0 radical (unpaired) electrons. The largest absolute Gasteiger partial charge is 0.494 e. The van der Waals surface area contributed by atoms with E-state index in [0.717, 1.165) is 27.6 Å². The summed E-state index contributed by atoms with van der Waals surface area (Å²) in [6.07, 6.45) is 0. The Hall–Kier alpha value is -2.12. The summed E-state index contributed by atoms with van der Waals surface area (Å²) in [5.74, 6) is 1.60. The molecular formula is C16H16N2OS. The van der Waals surface area contributed by atoms with Gasteiger partial charge in [0, 0.05) is 16.3 Å². The predicted octanol–water partition coefficient (Wildman–Crippen LogP) is 3.83. The van der Waals surface area contributed by atoms with Crippen LogP contribution in [0.25, 0.3) is 0 Å². The van der Waals surface area contributed by atoms with E-state index < -0.39 is 0 Å². The smallest absolute Gasteiger partial charge is 0.120 e. The first-order valence-corrected chi connectivity index (χ1v) is 7.35. The molecule has 0 aliphatic rings. The molecule has 20 heavy (non-hydrogen) atoms. The number of rotatable bonds is 5. The molecule has 0 atom stereocenters. The maximum Gasteiger partial charge on any atom is 0.120 e. The van der Waals surface area contributed by atoms with Crippen molar-refractivity contribution >= 4 is 17.4 Å². The third kappa shape index (κ3) is 3.69. The summed E-state index contributed by atoms with van der Waals surface area (Å²) in [6, 6.07) is 15.4. The quantitative estimate of drug-likeness (QED) is 0.669. The van der Waals surface area contributed by atoms with Gasteiger partial charge in [0.25, 0.3) is 0 Å². The second kappa shape index (κ2) is 6.88. The van der Waals surface area contributed by atoms with Crippen LogP contribution in [0.1, 0.15) is 18.1 Å². The maximum absolute atomic E-state index is 8.89. The van der Waals surface area contributed by atoms with Crippen LogP contribution in [0, 0.1) is 11.3 Å². The maximum atomic E-state index is 8.89. The number of hydrogen-bond acceptors (Lipinski definition) is 4. The van der Waals surface area contributed by atoms with E-state index in [9.17, 15) is 0 Å². The van der Waals surface area contributed by atoms with Crippen molar-refractivity contribution in [1.29, 1.82) is 5.26 Å². The van der Waals surface area contributed by atoms with E-state index in [4.69, 9.17) is 15.7 Å². The minimum atomic E-state index is 0.637. The molecule has 2 N–H and O–H groups in total. The van der Waals surface area contributed by atoms with Gasteiger partial charge in [-0.3, -0.25) is 0 Å². The molecule has 2 aromatic carbocycles. The van der Waals surface area contributed by atoms with Crippen LogP contribution in [0.15, 0.2) is 47.4 Å². The van der Waals surface area contributed by atoms with Gasteiger partial charge in [-0.15, -0.1) is 11.8 Å². The number of nitrogens with two attached hydrogens (primary N) is 1. The normalized spacial score (nSPS) is 10.0. The van der Waals surface area contributed by atoms with E-state index in [0.29, 0.717) is 12.2 Å².